The van der Waals surface area contributed by atoms with Gasteiger partial charge in [0.2, 0.25) is 0 Å². The molecule has 10 heteroatoms. The predicted molar refractivity (Wildman–Crippen MR) is 107 cm³/mol. The zero-order valence-electron chi connectivity index (χ0n) is 16.9. The fourth-order valence-electron chi connectivity index (χ4n) is 3.91. The van der Waals surface area contributed by atoms with Crippen molar-refractivity contribution >= 4 is 5.91 Å². The first-order valence-corrected chi connectivity index (χ1v) is 10.0. The van der Waals surface area contributed by atoms with Crippen molar-refractivity contribution in [2.75, 3.05) is 19.8 Å². The highest BCUT2D eigenvalue weighted by molar-refractivity contribution is 5.93. The van der Waals surface area contributed by atoms with E-state index in [2.05, 4.69) is 15.6 Å². The van der Waals surface area contributed by atoms with Crippen LogP contribution in [0.3, 0.4) is 0 Å². The van der Waals surface area contributed by atoms with E-state index >= 15 is 0 Å². The van der Waals surface area contributed by atoms with Crippen LogP contribution in [0.2, 0.25) is 0 Å². The Kier molecular flexibility index (Phi) is 5.96. The van der Waals surface area contributed by atoms with E-state index in [1.165, 1.54) is 0 Å². The number of halogens is 4. The fraction of sp³-hybridized carbons (Fsp3) is 0.318. The minimum absolute atomic E-state index is 0.0598. The molecule has 1 aliphatic rings. The van der Waals surface area contributed by atoms with E-state index in [4.69, 9.17) is 4.74 Å². The number of amides is 1. The summed E-state index contributed by atoms with van der Waals surface area (Å²) >= 11 is 0. The second kappa shape index (κ2) is 8.70. The third-order valence-electron chi connectivity index (χ3n) is 5.65. The monoisotopic (exact) mass is 448 g/mol. The molecular formula is C22H20F4N4O2. The number of benzene rings is 2. The summed E-state index contributed by atoms with van der Waals surface area (Å²) in [5.41, 5.74) is -1.69. The van der Waals surface area contributed by atoms with E-state index in [1.807, 2.05) is 30.3 Å². The Hall–Kier alpha value is -3.27. The zero-order chi connectivity index (χ0) is 22.8. The van der Waals surface area contributed by atoms with Crippen LogP contribution in [0.4, 0.5) is 17.6 Å². The number of nitrogens with zero attached hydrogens (tertiary/aromatic N) is 3. The van der Waals surface area contributed by atoms with Gasteiger partial charge in [0.15, 0.2) is 11.4 Å². The molecule has 0 bridgehead atoms. The van der Waals surface area contributed by atoms with E-state index in [-0.39, 0.29) is 12.2 Å². The van der Waals surface area contributed by atoms with Gasteiger partial charge in [0.25, 0.3) is 5.91 Å². The maximum absolute atomic E-state index is 13.8. The quantitative estimate of drug-likeness (QED) is 0.601. The highest BCUT2D eigenvalue weighted by atomic mass is 19.4. The Bertz CT molecular complexity index is 1080. The maximum Gasteiger partial charge on any atom is 0.435 e. The Morgan fingerprint density at radius 2 is 1.72 bits per heavy atom. The summed E-state index contributed by atoms with van der Waals surface area (Å²) in [6.45, 7) is 1.10. The molecule has 1 saturated heterocycles. The van der Waals surface area contributed by atoms with Gasteiger partial charge in [-0.25, -0.2) is 9.07 Å². The standard InChI is InChI=1S/C22H20F4N4O2/c23-16-6-8-17(9-7-16)30-19(22(24,25)26)18(28-29-30)20(31)27-14-21(10-12-32-13-11-21)15-4-2-1-3-5-15/h1-9H,10-14H2,(H,27,31). The Morgan fingerprint density at radius 1 is 1.06 bits per heavy atom. The lowest BCUT2D eigenvalue weighted by Gasteiger charge is -2.37. The van der Waals surface area contributed by atoms with Crippen LogP contribution in [0.25, 0.3) is 5.69 Å². The van der Waals surface area contributed by atoms with E-state index < -0.39 is 34.7 Å². The van der Waals surface area contributed by atoms with E-state index in [0.717, 1.165) is 29.8 Å². The smallest absolute Gasteiger partial charge is 0.381 e. The van der Waals surface area contributed by atoms with Crippen molar-refractivity contribution in [1.29, 1.82) is 0 Å². The van der Waals surface area contributed by atoms with Gasteiger partial charge >= 0.3 is 6.18 Å². The highest BCUT2D eigenvalue weighted by Crippen LogP contribution is 2.35. The molecule has 2 heterocycles. The second-order valence-electron chi connectivity index (χ2n) is 7.61. The van der Waals surface area contributed by atoms with Crippen molar-refractivity contribution in [1.82, 2.24) is 20.3 Å². The number of aromatic nitrogens is 3. The molecule has 3 aromatic rings. The van der Waals surface area contributed by atoms with Gasteiger partial charge < -0.3 is 10.1 Å². The van der Waals surface area contributed by atoms with Crippen molar-refractivity contribution in [3.63, 3.8) is 0 Å². The van der Waals surface area contributed by atoms with Crippen molar-refractivity contribution in [3.8, 4) is 5.69 Å². The summed E-state index contributed by atoms with van der Waals surface area (Å²) in [6.07, 6.45) is -3.67. The second-order valence-corrected chi connectivity index (χ2v) is 7.61. The molecule has 0 saturated carbocycles. The van der Waals surface area contributed by atoms with Gasteiger partial charge in [-0.05, 0) is 42.7 Å². The minimum Gasteiger partial charge on any atom is -0.381 e. The highest BCUT2D eigenvalue weighted by Gasteiger charge is 2.43. The van der Waals surface area contributed by atoms with Crippen LogP contribution in [0.5, 0.6) is 0 Å². The van der Waals surface area contributed by atoms with Crippen molar-refractivity contribution < 1.29 is 27.1 Å². The summed E-state index contributed by atoms with van der Waals surface area (Å²) in [7, 11) is 0. The van der Waals surface area contributed by atoms with Gasteiger partial charge in [-0.2, -0.15) is 13.2 Å². The van der Waals surface area contributed by atoms with Crippen LogP contribution < -0.4 is 5.32 Å². The number of carbonyl (C=O) groups excluding carboxylic acids is 1. The normalized spacial score (nSPS) is 16.0. The Balaban J connectivity index is 1.62. The molecular weight excluding hydrogens is 428 g/mol. The lowest BCUT2D eigenvalue weighted by atomic mass is 9.74. The third-order valence-corrected chi connectivity index (χ3v) is 5.65. The lowest BCUT2D eigenvalue weighted by Crippen LogP contribution is -2.45. The number of carbonyl (C=O) groups is 1. The molecule has 168 valence electrons. The predicted octanol–water partition coefficient (Wildman–Crippen LogP) is 3.90. The SMILES string of the molecule is O=C(NCC1(c2ccccc2)CCOCC1)c1nnn(-c2ccc(F)cc2)c1C(F)(F)F. The minimum atomic E-state index is -4.90. The van der Waals surface area contributed by atoms with Crippen LogP contribution in [-0.2, 0) is 16.3 Å². The first-order valence-electron chi connectivity index (χ1n) is 10.0. The molecule has 0 unspecified atom stereocenters. The summed E-state index contributed by atoms with van der Waals surface area (Å²) in [6, 6.07) is 13.8. The molecule has 2 aromatic carbocycles. The molecule has 6 nitrogen and oxygen atoms in total. The topological polar surface area (TPSA) is 69.0 Å². The fourth-order valence-corrected chi connectivity index (χ4v) is 3.91. The molecule has 1 amide bonds. The number of hydrogen-bond acceptors (Lipinski definition) is 4. The van der Waals surface area contributed by atoms with Gasteiger partial charge in [0, 0.05) is 25.2 Å². The van der Waals surface area contributed by atoms with E-state index in [1.54, 1.807) is 0 Å². The average molecular weight is 448 g/mol. The van der Waals surface area contributed by atoms with Crippen LogP contribution in [0, 0.1) is 5.82 Å². The average Bonchev–Trinajstić information content (AvgIpc) is 3.25. The maximum atomic E-state index is 13.8. The van der Waals surface area contributed by atoms with Gasteiger partial charge in [0.05, 0.1) is 5.69 Å². The molecule has 1 fully saturated rings. The number of ether oxygens (including phenoxy) is 1. The van der Waals surface area contributed by atoms with Crippen LogP contribution >= 0.6 is 0 Å². The Morgan fingerprint density at radius 3 is 2.34 bits per heavy atom. The zero-order valence-corrected chi connectivity index (χ0v) is 16.9. The first kappa shape index (κ1) is 21.9. The molecule has 1 N–H and O–H groups in total. The molecule has 32 heavy (non-hydrogen) atoms. The summed E-state index contributed by atoms with van der Waals surface area (Å²) in [5, 5.41) is 9.64. The first-order chi connectivity index (χ1) is 15.3. The Labute approximate surface area is 181 Å². The number of hydrogen-bond donors (Lipinski definition) is 1. The largest absolute Gasteiger partial charge is 0.435 e. The summed E-state index contributed by atoms with van der Waals surface area (Å²) in [5.74, 6) is -1.59. The van der Waals surface area contributed by atoms with Gasteiger partial charge in [-0.3, -0.25) is 4.79 Å². The third kappa shape index (κ3) is 4.36. The number of nitrogens with one attached hydrogen (secondary N) is 1. The molecule has 1 aliphatic heterocycles. The summed E-state index contributed by atoms with van der Waals surface area (Å²) in [4.78, 5) is 12.8. The molecule has 0 aliphatic carbocycles. The molecule has 4 rings (SSSR count). The van der Waals surface area contributed by atoms with E-state index in [0.29, 0.717) is 30.7 Å². The molecule has 0 atom stereocenters. The molecule has 1 aromatic heterocycles. The molecule has 0 radical (unpaired) electrons. The number of rotatable bonds is 5. The van der Waals surface area contributed by atoms with E-state index in [9.17, 15) is 22.4 Å². The van der Waals surface area contributed by atoms with Crippen molar-refractivity contribution in [2.24, 2.45) is 0 Å². The molecule has 0 spiro atoms. The number of alkyl halides is 3. The van der Waals surface area contributed by atoms with Crippen LogP contribution in [0.1, 0.15) is 34.6 Å². The van der Waals surface area contributed by atoms with Gasteiger partial charge in [-0.15, -0.1) is 5.10 Å². The van der Waals surface area contributed by atoms with Crippen molar-refractivity contribution in [3.05, 3.63) is 77.4 Å². The van der Waals surface area contributed by atoms with Gasteiger partial charge in [0.1, 0.15) is 5.82 Å². The van der Waals surface area contributed by atoms with Crippen LogP contribution in [-0.4, -0.2) is 40.7 Å². The van der Waals surface area contributed by atoms with Gasteiger partial charge in [-0.1, -0.05) is 35.5 Å². The lowest BCUT2D eigenvalue weighted by molar-refractivity contribution is -0.143. The van der Waals surface area contributed by atoms with Crippen LogP contribution in [0.15, 0.2) is 54.6 Å². The summed E-state index contributed by atoms with van der Waals surface area (Å²) < 4.78 is 60.6. The van der Waals surface area contributed by atoms with Crippen molar-refractivity contribution in [2.45, 2.75) is 24.4 Å².